The number of nitrogens with zero attached hydrogens (tertiary/aromatic N) is 6. The van der Waals surface area contributed by atoms with Crippen molar-refractivity contribution in [1.29, 1.82) is 0 Å². The summed E-state index contributed by atoms with van der Waals surface area (Å²) in [5.74, 6) is -0.490. The van der Waals surface area contributed by atoms with Gasteiger partial charge in [-0.3, -0.25) is 19.1 Å². The third-order valence-corrected chi connectivity index (χ3v) is 4.68. The molecule has 0 aromatic heterocycles. The minimum atomic E-state index is -4.39. The molecule has 1 unspecified atom stereocenters. The molecule has 1 N–H and O–H groups in total. The maximum absolute atomic E-state index is 12.2. The van der Waals surface area contributed by atoms with Crippen LogP contribution < -0.4 is 0 Å². The monoisotopic (exact) mass is 382 g/mol. The standard InChI is InChI=1S/C16H10N6O4S/c1-17-14-15(18-2)22(3)16(19-14)21-20-13-11-6-5-10(27(24,25)26)8-9(11)4-7-12(13)23/h4-8,15H,3H3,(H,24,25,26). The quantitative estimate of drug-likeness (QED) is 0.466. The van der Waals surface area contributed by atoms with Gasteiger partial charge in [0.05, 0.1) is 4.90 Å². The van der Waals surface area contributed by atoms with Crippen LogP contribution in [-0.2, 0) is 14.9 Å². The van der Waals surface area contributed by atoms with Gasteiger partial charge in [0.25, 0.3) is 10.1 Å². The first-order valence-electron chi connectivity index (χ1n) is 7.31. The van der Waals surface area contributed by atoms with Crippen LogP contribution in [0.25, 0.3) is 15.8 Å². The molecule has 2 aliphatic rings. The minimum absolute atomic E-state index is 0.00737. The topological polar surface area (TPSA) is 120 Å². The van der Waals surface area contributed by atoms with E-state index >= 15 is 0 Å². The van der Waals surface area contributed by atoms with Gasteiger partial charge in [-0.2, -0.15) is 8.42 Å². The van der Waals surface area contributed by atoms with E-state index in [0.29, 0.717) is 11.1 Å². The number of benzene rings is 1. The summed E-state index contributed by atoms with van der Waals surface area (Å²) < 4.78 is 31.7. The van der Waals surface area contributed by atoms with E-state index < -0.39 is 22.1 Å². The second-order valence-electron chi connectivity index (χ2n) is 5.47. The first kappa shape index (κ1) is 18.1. The van der Waals surface area contributed by atoms with E-state index in [2.05, 4.69) is 24.9 Å². The molecule has 1 atom stereocenters. The van der Waals surface area contributed by atoms with Crippen molar-refractivity contribution in [3.63, 3.8) is 0 Å². The zero-order chi connectivity index (χ0) is 19.8. The zero-order valence-electron chi connectivity index (χ0n) is 13.7. The van der Waals surface area contributed by atoms with Crippen LogP contribution in [0.4, 0.5) is 0 Å². The van der Waals surface area contributed by atoms with Crippen LogP contribution in [0.15, 0.2) is 44.4 Å². The number of aliphatic imine (C=N–C) groups is 1. The molecule has 1 aromatic rings. The Hall–Kier alpha value is -3.67. The Labute approximate surface area is 154 Å². The summed E-state index contributed by atoms with van der Waals surface area (Å²) in [5, 5.41) is 7.78. The number of hydrogen-bond donors (Lipinski definition) is 1. The van der Waals surface area contributed by atoms with E-state index in [1.165, 1.54) is 36.2 Å². The van der Waals surface area contributed by atoms with Gasteiger partial charge in [0, 0.05) is 12.6 Å². The summed E-state index contributed by atoms with van der Waals surface area (Å²) in [6, 6.07) is 3.70. The van der Waals surface area contributed by atoms with Gasteiger partial charge in [0.2, 0.25) is 5.78 Å². The molecule has 1 aromatic carbocycles. The predicted molar refractivity (Wildman–Crippen MR) is 96.5 cm³/mol. The summed E-state index contributed by atoms with van der Waals surface area (Å²) in [4.78, 5) is 23.6. The average Bonchev–Trinajstić information content (AvgIpc) is 2.94. The van der Waals surface area contributed by atoms with Crippen LogP contribution in [0, 0.1) is 13.1 Å². The number of allylic oxidation sites excluding steroid dienone is 1. The summed E-state index contributed by atoms with van der Waals surface area (Å²) in [7, 11) is -2.86. The molecule has 0 saturated carbocycles. The van der Waals surface area contributed by atoms with Crippen molar-refractivity contribution < 1.29 is 17.8 Å². The molecule has 0 amide bonds. The maximum atomic E-state index is 12.2. The smallest absolute Gasteiger partial charge is 0.356 e. The van der Waals surface area contributed by atoms with Gasteiger partial charge >= 0.3 is 18.0 Å². The Morgan fingerprint density at radius 2 is 2.00 bits per heavy atom. The minimum Gasteiger partial charge on any atom is -0.356 e. The second-order valence-corrected chi connectivity index (χ2v) is 6.89. The van der Waals surface area contributed by atoms with Gasteiger partial charge in [-0.1, -0.05) is 28.8 Å². The highest BCUT2D eigenvalue weighted by Gasteiger charge is 2.39. The molecule has 10 nitrogen and oxygen atoms in total. The summed E-state index contributed by atoms with van der Waals surface area (Å²) >= 11 is 0. The van der Waals surface area contributed by atoms with Gasteiger partial charge in [0.15, 0.2) is 0 Å². The average molecular weight is 382 g/mol. The maximum Gasteiger partial charge on any atom is 0.358 e. The SMILES string of the molecule is [C-]#[N+]C1=NC(=NN=C2C(=O)C=Cc3cc(S(=O)(=O)O)ccc32)N(C)C1[N+]#[C-]. The third-order valence-electron chi connectivity index (χ3n) is 3.83. The van der Waals surface area contributed by atoms with Crippen LogP contribution in [0.3, 0.4) is 0 Å². The number of hydrogen-bond acceptors (Lipinski definition) is 5. The van der Waals surface area contributed by atoms with E-state index in [9.17, 15) is 13.2 Å². The van der Waals surface area contributed by atoms with Crippen molar-refractivity contribution in [3.05, 3.63) is 58.2 Å². The first-order chi connectivity index (χ1) is 12.8. The number of rotatable bonds is 2. The molecule has 0 saturated heterocycles. The molecule has 0 bridgehead atoms. The zero-order valence-corrected chi connectivity index (χ0v) is 14.5. The molecule has 1 heterocycles. The van der Waals surface area contributed by atoms with Gasteiger partial charge in [-0.25, -0.2) is 6.57 Å². The number of guanidine groups is 1. The van der Waals surface area contributed by atoms with Crippen molar-refractivity contribution in [2.45, 2.75) is 11.1 Å². The molecule has 0 spiro atoms. The fourth-order valence-corrected chi connectivity index (χ4v) is 2.99. The number of carbonyl (C=O) groups excluding carboxylic acids is 1. The molecule has 0 fully saturated rings. The van der Waals surface area contributed by atoms with Crippen LogP contribution >= 0.6 is 0 Å². The Morgan fingerprint density at radius 1 is 1.26 bits per heavy atom. The lowest BCUT2D eigenvalue weighted by atomic mass is 9.95. The highest BCUT2D eigenvalue weighted by Crippen LogP contribution is 2.22. The highest BCUT2D eigenvalue weighted by atomic mass is 32.2. The van der Waals surface area contributed by atoms with E-state index in [1.54, 1.807) is 0 Å². The molecule has 3 rings (SSSR count). The van der Waals surface area contributed by atoms with Gasteiger partial charge in [0.1, 0.15) is 5.71 Å². The first-order valence-corrected chi connectivity index (χ1v) is 8.75. The Balaban J connectivity index is 2.05. The molecule has 0 radical (unpaired) electrons. The molecular weight excluding hydrogens is 372 g/mol. The molecule has 1 aliphatic carbocycles. The molecule has 27 heavy (non-hydrogen) atoms. The molecule has 11 heteroatoms. The van der Waals surface area contributed by atoms with Gasteiger partial charge in [-0.15, -0.1) is 5.10 Å². The molecule has 1 aliphatic heterocycles. The second kappa shape index (κ2) is 6.57. The van der Waals surface area contributed by atoms with Crippen LogP contribution in [-0.4, -0.2) is 54.4 Å². The van der Waals surface area contributed by atoms with Crippen molar-refractivity contribution in [2.24, 2.45) is 15.2 Å². The van der Waals surface area contributed by atoms with E-state index in [0.717, 1.165) is 6.07 Å². The lowest BCUT2D eigenvalue weighted by Crippen LogP contribution is -2.31. The van der Waals surface area contributed by atoms with Crippen molar-refractivity contribution in [3.8, 4) is 0 Å². The number of fused-ring (bicyclic) bond motifs is 1. The summed E-state index contributed by atoms with van der Waals surface area (Å²) in [6.45, 7) is 14.2. The normalized spacial score (nSPS) is 21.8. The Kier molecular flexibility index (Phi) is 4.41. The lowest BCUT2D eigenvalue weighted by Gasteiger charge is -2.12. The summed E-state index contributed by atoms with van der Waals surface area (Å²) in [6.07, 6.45) is 1.71. The number of ketones is 1. The Bertz CT molecular complexity index is 1160. The largest absolute Gasteiger partial charge is 0.358 e. The van der Waals surface area contributed by atoms with E-state index in [4.69, 9.17) is 17.7 Å². The van der Waals surface area contributed by atoms with Gasteiger partial charge in [-0.05, 0) is 23.8 Å². The summed E-state index contributed by atoms with van der Waals surface area (Å²) in [5.41, 5.74) is 0.643. The van der Waals surface area contributed by atoms with E-state index in [1.807, 2.05) is 0 Å². The van der Waals surface area contributed by atoms with Crippen molar-refractivity contribution in [1.82, 2.24) is 4.90 Å². The number of amidine groups is 1. The predicted octanol–water partition coefficient (Wildman–Crippen LogP) is 1.10. The van der Waals surface area contributed by atoms with Crippen LogP contribution in [0.5, 0.6) is 0 Å². The lowest BCUT2D eigenvalue weighted by molar-refractivity contribution is -0.108. The van der Waals surface area contributed by atoms with Crippen LogP contribution in [0.1, 0.15) is 11.1 Å². The fourth-order valence-electron chi connectivity index (χ4n) is 2.47. The highest BCUT2D eigenvalue weighted by molar-refractivity contribution is 7.85. The van der Waals surface area contributed by atoms with Gasteiger partial charge < -0.3 is 4.85 Å². The number of likely N-dealkylation sites (N-methyl/N-ethyl adjacent to an activating group) is 1. The van der Waals surface area contributed by atoms with E-state index in [-0.39, 0.29) is 22.4 Å². The van der Waals surface area contributed by atoms with Crippen molar-refractivity contribution in [2.75, 3.05) is 7.05 Å². The fraction of sp³-hybridized carbons (Fsp3) is 0.125. The Morgan fingerprint density at radius 3 is 2.59 bits per heavy atom. The number of carbonyl (C=O) groups is 1. The third kappa shape index (κ3) is 3.25. The molecule has 134 valence electrons. The van der Waals surface area contributed by atoms with Crippen LogP contribution in [0.2, 0.25) is 0 Å². The van der Waals surface area contributed by atoms with Crippen molar-refractivity contribution >= 4 is 39.5 Å². The molecular formula is C16H10N6O4S.